The third-order valence-electron chi connectivity index (χ3n) is 4.79. The van der Waals surface area contributed by atoms with Crippen molar-refractivity contribution in [1.29, 1.82) is 0 Å². The Morgan fingerprint density at radius 3 is 1.51 bits per heavy atom. The van der Waals surface area contributed by atoms with E-state index in [0.717, 1.165) is 27.5 Å². The maximum Gasteiger partial charge on any atom is 0.370 e. The van der Waals surface area contributed by atoms with E-state index in [9.17, 15) is 9.59 Å². The van der Waals surface area contributed by atoms with Crippen LogP contribution >= 0.6 is 0 Å². The summed E-state index contributed by atoms with van der Waals surface area (Å²) < 4.78 is 15.5. The van der Waals surface area contributed by atoms with E-state index < -0.39 is 11.9 Å². The van der Waals surface area contributed by atoms with Gasteiger partial charge in [-0.1, -0.05) is 34.4 Å². The van der Waals surface area contributed by atoms with E-state index in [1.165, 1.54) is 6.07 Å². The second kappa shape index (κ2) is 18.1. The second-order valence-electron chi connectivity index (χ2n) is 7.20. The van der Waals surface area contributed by atoms with Gasteiger partial charge in [0, 0.05) is 123 Å². The summed E-state index contributed by atoms with van der Waals surface area (Å²) in [6.45, 7) is 0.453. The quantitative estimate of drug-likeness (QED) is 0.178. The van der Waals surface area contributed by atoms with Gasteiger partial charge in [0.1, 0.15) is 5.76 Å². The van der Waals surface area contributed by atoms with Crippen molar-refractivity contribution in [2.45, 2.75) is 6.54 Å². The number of carboxylic acids is 1. The van der Waals surface area contributed by atoms with Gasteiger partial charge in [0.2, 0.25) is 0 Å². The van der Waals surface area contributed by atoms with Gasteiger partial charge in [0.05, 0.1) is 6.54 Å². The van der Waals surface area contributed by atoms with Crippen molar-refractivity contribution in [2.24, 2.45) is 11.5 Å². The second-order valence-corrected chi connectivity index (χ2v) is 7.20. The van der Waals surface area contributed by atoms with Gasteiger partial charge in [-0.05, 0) is 0 Å². The average Bonchev–Trinajstić information content (AvgIpc) is 3.60. The number of furan rings is 3. The van der Waals surface area contributed by atoms with E-state index in [2.05, 4.69) is 18.2 Å². The predicted molar refractivity (Wildman–Crippen MR) is 134 cm³/mol. The summed E-state index contributed by atoms with van der Waals surface area (Å²) in [6.07, 6.45) is 0. The van der Waals surface area contributed by atoms with Crippen LogP contribution in [0, 0.1) is 18.2 Å². The van der Waals surface area contributed by atoms with E-state index in [-0.39, 0.29) is 118 Å². The molecule has 6 rings (SSSR count). The van der Waals surface area contributed by atoms with Crippen LogP contribution in [0.3, 0.4) is 0 Å². The molecule has 0 saturated heterocycles. The SMILES string of the molecule is NC(=O)c1cc2c[c-]ccc2o1.NCc1cc2c[c-]ccc2o1.O=C(O)c1cc2c[c-]ccc2o1.[B].[Y].[Y].[Y]. The molecule has 0 aliphatic carbocycles. The molecule has 6 aromatic rings. The van der Waals surface area contributed by atoms with Crippen molar-refractivity contribution in [2.75, 3.05) is 0 Å². The summed E-state index contributed by atoms with van der Waals surface area (Å²) in [5.74, 6) is -0.633. The summed E-state index contributed by atoms with van der Waals surface area (Å²) in [5, 5.41) is 11.2. The van der Waals surface area contributed by atoms with Crippen molar-refractivity contribution < 1.29 is 126 Å². The first-order valence-electron chi connectivity index (χ1n) is 10.4. The molecule has 3 heterocycles. The largest absolute Gasteiger partial charge is 0.486 e. The summed E-state index contributed by atoms with van der Waals surface area (Å²) in [5.41, 5.74) is 12.6. The predicted octanol–water partition coefficient (Wildman–Crippen LogP) is 4.57. The first-order chi connectivity index (χ1) is 16.9. The molecule has 6 radical (unpaired) electrons. The molecule has 0 bridgehead atoms. The monoisotopic (exact) mass is 745 g/mol. The molecule has 188 valence electrons. The fourth-order valence-corrected chi connectivity index (χ4v) is 3.15. The zero-order chi connectivity index (χ0) is 24.8. The normalized spacial score (nSPS) is 9.36. The van der Waals surface area contributed by atoms with Gasteiger partial charge in [-0.2, -0.15) is 54.6 Å². The third kappa shape index (κ3) is 10.2. The first-order valence-corrected chi connectivity index (χ1v) is 10.4. The standard InChI is InChI=1S/C9H6NO2.C9H8NO.C9H5O3.B.3Y/c10-9(11)8-5-6-3-1-2-4-7(6)12-8;10-6-8-5-7-3-1-2-4-9(7)11-8;10-9(11)8-5-6-3-1-2-4-7(6)12-8;;;;/h2-5H,(H2,10,11);2-5H,6,10H2;2-5H,(H,10,11);;;;/q3*-1;;;;. The van der Waals surface area contributed by atoms with Gasteiger partial charge in [-0.15, -0.1) is 18.2 Å². The summed E-state index contributed by atoms with van der Waals surface area (Å²) in [6, 6.07) is 29.5. The number of carboxylic acid groups (broad SMARTS) is 1. The zero-order valence-electron chi connectivity index (χ0n) is 20.6. The molecule has 0 aliphatic heterocycles. The Kier molecular flexibility index (Phi) is 17.4. The number of benzene rings is 3. The van der Waals surface area contributed by atoms with Gasteiger partial charge in [-0.3, -0.25) is 4.79 Å². The van der Waals surface area contributed by atoms with E-state index in [0.29, 0.717) is 17.7 Å². The van der Waals surface area contributed by atoms with Gasteiger partial charge in [0.15, 0.2) is 11.5 Å². The van der Waals surface area contributed by atoms with Gasteiger partial charge < -0.3 is 29.8 Å². The van der Waals surface area contributed by atoms with Crippen molar-refractivity contribution in [1.82, 2.24) is 0 Å². The number of fused-ring (bicyclic) bond motifs is 3. The molecule has 3 aromatic carbocycles. The van der Waals surface area contributed by atoms with E-state index in [1.807, 2.05) is 24.3 Å². The molecule has 8 nitrogen and oxygen atoms in total. The zero-order valence-corrected chi connectivity index (χ0v) is 29.1. The van der Waals surface area contributed by atoms with Gasteiger partial charge in [0.25, 0.3) is 5.91 Å². The Balaban J connectivity index is 0.000000529. The molecule has 0 saturated carbocycles. The van der Waals surface area contributed by atoms with Crippen molar-refractivity contribution in [3.8, 4) is 0 Å². The summed E-state index contributed by atoms with van der Waals surface area (Å²) >= 11 is 0. The maximum absolute atomic E-state index is 10.7. The number of aromatic carboxylic acids is 1. The molecule has 1 amide bonds. The maximum atomic E-state index is 10.7. The Morgan fingerprint density at radius 1 is 0.718 bits per heavy atom. The third-order valence-corrected chi connectivity index (χ3v) is 4.79. The molecule has 0 unspecified atom stereocenters. The topological polar surface area (TPSA) is 146 Å². The minimum atomic E-state index is -1.05. The molecule has 3 aromatic heterocycles. The van der Waals surface area contributed by atoms with Crippen LogP contribution in [-0.2, 0) is 105 Å². The fraction of sp³-hybridized carbons (Fsp3) is 0.0370. The fourth-order valence-electron chi connectivity index (χ4n) is 3.15. The Hall–Kier alpha value is -1.44. The van der Waals surface area contributed by atoms with Gasteiger partial charge in [-0.25, -0.2) is 4.79 Å². The number of nitrogens with two attached hydrogens (primary N) is 2. The Labute approximate surface area is 301 Å². The average molecular weight is 745 g/mol. The molecule has 39 heavy (non-hydrogen) atoms. The molecule has 0 spiro atoms. The summed E-state index contributed by atoms with van der Waals surface area (Å²) in [4.78, 5) is 21.2. The van der Waals surface area contributed by atoms with Crippen LogP contribution in [0.5, 0.6) is 0 Å². The van der Waals surface area contributed by atoms with Crippen LogP contribution in [0.25, 0.3) is 32.9 Å². The number of carbonyl (C=O) groups is 2. The number of rotatable bonds is 3. The smallest absolute Gasteiger partial charge is 0.370 e. The van der Waals surface area contributed by atoms with E-state index >= 15 is 0 Å². The molecular formula is C27H19BN2O6Y3-3. The van der Waals surface area contributed by atoms with Crippen molar-refractivity contribution in [3.63, 3.8) is 0 Å². The van der Waals surface area contributed by atoms with Crippen molar-refractivity contribution in [3.05, 3.63) is 108 Å². The number of amides is 1. The number of hydrogen-bond acceptors (Lipinski definition) is 6. The van der Waals surface area contributed by atoms with Crippen LogP contribution in [0.2, 0.25) is 0 Å². The van der Waals surface area contributed by atoms with Crippen LogP contribution in [0.15, 0.2) is 86.0 Å². The minimum absolute atomic E-state index is 0. The number of primary amides is 1. The van der Waals surface area contributed by atoms with Crippen LogP contribution < -0.4 is 11.5 Å². The Bertz CT molecular complexity index is 1450. The van der Waals surface area contributed by atoms with Crippen LogP contribution in [0.1, 0.15) is 26.9 Å². The first kappa shape index (κ1) is 37.6. The molecular weight excluding hydrogens is 726 g/mol. The van der Waals surface area contributed by atoms with E-state index in [4.69, 9.17) is 29.8 Å². The molecule has 0 aliphatic rings. The van der Waals surface area contributed by atoms with Crippen LogP contribution in [-0.4, -0.2) is 25.4 Å². The summed E-state index contributed by atoms with van der Waals surface area (Å²) in [7, 11) is 0. The van der Waals surface area contributed by atoms with E-state index in [1.54, 1.807) is 42.5 Å². The van der Waals surface area contributed by atoms with Crippen molar-refractivity contribution >= 4 is 53.2 Å². The van der Waals surface area contributed by atoms with Gasteiger partial charge >= 0.3 is 5.97 Å². The minimum Gasteiger partial charge on any atom is -0.486 e. The number of hydrogen-bond donors (Lipinski definition) is 3. The molecule has 0 fully saturated rings. The Morgan fingerprint density at radius 2 is 1.13 bits per heavy atom. The molecule has 12 heteroatoms. The van der Waals surface area contributed by atoms with Crippen LogP contribution in [0.4, 0.5) is 0 Å². The number of carbonyl (C=O) groups excluding carboxylic acids is 1. The molecule has 0 atom stereocenters. The molecule has 5 N–H and O–H groups in total.